The van der Waals surface area contributed by atoms with Gasteiger partial charge in [0.2, 0.25) is 0 Å². The Kier molecular flexibility index (Phi) is 6.70. The average Bonchev–Trinajstić information content (AvgIpc) is 3.19. The summed E-state index contributed by atoms with van der Waals surface area (Å²) in [6.07, 6.45) is 4.58. The van der Waals surface area contributed by atoms with Crippen LogP contribution in [0.1, 0.15) is 12.0 Å². The Morgan fingerprint density at radius 1 is 1.26 bits per heavy atom. The highest BCUT2D eigenvalue weighted by atomic mass is 16.5. The lowest BCUT2D eigenvalue weighted by Gasteiger charge is -2.30. The fourth-order valence-electron chi connectivity index (χ4n) is 3.75. The first-order valence-corrected chi connectivity index (χ1v) is 10.6. The van der Waals surface area contributed by atoms with E-state index in [0.717, 1.165) is 55.1 Å². The van der Waals surface area contributed by atoms with Crippen molar-refractivity contribution < 1.29 is 9.53 Å². The maximum Gasteiger partial charge on any atom is 0.327 e. The second-order valence-electron chi connectivity index (χ2n) is 7.69. The number of hydrogen-bond acceptors (Lipinski definition) is 6. The molecule has 0 aliphatic carbocycles. The summed E-state index contributed by atoms with van der Waals surface area (Å²) < 4.78 is 5.81. The summed E-state index contributed by atoms with van der Waals surface area (Å²) in [4.78, 5) is 18.2. The molecule has 10 heteroatoms. The minimum Gasteiger partial charge on any atom is -0.370 e. The van der Waals surface area contributed by atoms with Gasteiger partial charge in [0.25, 0.3) is 0 Å². The highest BCUT2D eigenvalue weighted by Crippen LogP contribution is 2.26. The van der Waals surface area contributed by atoms with Crippen molar-refractivity contribution in [3.63, 3.8) is 0 Å². The van der Waals surface area contributed by atoms with Crippen molar-refractivity contribution >= 4 is 17.7 Å². The van der Waals surface area contributed by atoms with E-state index < -0.39 is 0 Å². The van der Waals surface area contributed by atoms with Gasteiger partial charge in [0.15, 0.2) is 5.96 Å². The molecule has 1 aromatic rings. The number of nitrogens with zero attached hydrogens (tertiary/aromatic N) is 2. The lowest BCUT2D eigenvalue weighted by atomic mass is 10.1. The fourth-order valence-corrected chi connectivity index (χ4v) is 3.75. The summed E-state index contributed by atoms with van der Waals surface area (Å²) in [5, 5.41) is 13.1. The van der Waals surface area contributed by atoms with E-state index in [2.05, 4.69) is 32.3 Å². The lowest BCUT2D eigenvalue weighted by Crippen LogP contribution is -2.53. The third-order valence-corrected chi connectivity index (χ3v) is 5.36. The molecule has 0 aromatic heterocycles. The van der Waals surface area contributed by atoms with Crippen LogP contribution in [0, 0.1) is 0 Å². The Morgan fingerprint density at radius 3 is 2.84 bits per heavy atom. The molecular formula is C21H30N8O2. The minimum atomic E-state index is -0.216. The number of ether oxygens (including phenoxy) is 1. The quantitative estimate of drug-likeness (QED) is 0.190. The third-order valence-electron chi connectivity index (χ3n) is 5.36. The van der Waals surface area contributed by atoms with Gasteiger partial charge in [0.1, 0.15) is 12.3 Å². The molecule has 3 aliphatic rings. The third kappa shape index (κ3) is 5.35. The van der Waals surface area contributed by atoms with E-state index in [1.807, 2.05) is 30.5 Å². The van der Waals surface area contributed by atoms with E-state index in [-0.39, 0.29) is 24.3 Å². The van der Waals surface area contributed by atoms with Crippen molar-refractivity contribution in [2.75, 3.05) is 37.7 Å². The molecule has 0 spiro atoms. The van der Waals surface area contributed by atoms with Crippen LogP contribution >= 0.6 is 0 Å². The van der Waals surface area contributed by atoms with Crippen molar-refractivity contribution in [1.82, 2.24) is 21.3 Å². The number of urea groups is 1. The van der Waals surface area contributed by atoms with Crippen LogP contribution in [-0.2, 0) is 11.3 Å². The van der Waals surface area contributed by atoms with Gasteiger partial charge in [-0.05, 0) is 36.7 Å². The molecule has 2 atom stereocenters. The molecule has 2 unspecified atom stereocenters. The number of guanidine groups is 1. The molecule has 0 radical (unpaired) electrons. The highest BCUT2D eigenvalue weighted by Gasteiger charge is 2.33. The van der Waals surface area contributed by atoms with Crippen molar-refractivity contribution in [2.45, 2.75) is 25.2 Å². The van der Waals surface area contributed by atoms with Gasteiger partial charge in [-0.3, -0.25) is 9.89 Å². The van der Waals surface area contributed by atoms with E-state index in [1.165, 1.54) is 0 Å². The summed E-state index contributed by atoms with van der Waals surface area (Å²) >= 11 is 0. The number of fused-ring (bicyclic) bond motifs is 1. The van der Waals surface area contributed by atoms with Gasteiger partial charge >= 0.3 is 6.03 Å². The van der Waals surface area contributed by atoms with Crippen LogP contribution in [0.2, 0.25) is 0 Å². The van der Waals surface area contributed by atoms with E-state index >= 15 is 0 Å². The number of nitrogens with one attached hydrogen (secondary N) is 4. The van der Waals surface area contributed by atoms with Gasteiger partial charge in [-0.15, -0.1) is 0 Å². The lowest BCUT2D eigenvalue weighted by molar-refractivity contribution is 0.0478. The van der Waals surface area contributed by atoms with Crippen molar-refractivity contribution in [3.05, 3.63) is 53.4 Å². The number of carbonyl (C=O) groups is 1. The second-order valence-corrected chi connectivity index (χ2v) is 7.69. The Bertz CT molecular complexity index is 870. The molecule has 0 bridgehead atoms. The topological polar surface area (TPSA) is 142 Å². The van der Waals surface area contributed by atoms with Crippen LogP contribution in [0.15, 0.2) is 52.8 Å². The van der Waals surface area contributed by atoms with Crippen LogP contribution in [0.3, 0.4) is 0 Å². The molecule has 1 saturated heterocycles. The normalized spacial score (nSPS) is 22.7. The number of nitrogens with two attached hydrogens (primary N) is 2. The summed E-state index contributed by atoms with van der Waals surface area (Å²) in [5.41, 5.74) is 14.6. The summed E-state index contributed by atoms with van der Waals surface area (Å²) in [5.74, 6) is 0.123. The van der Waals surface area contributed by atoms with E-state index in [0.29, 0.717) is 13.2 Å². The molecule has 8 N–H and O–H groups in total. The van der Waals surface area contributed by atoms with Gasteiger partial charge in [-0.1, -0.05) is 12.1 Å². The van der Waals surface area contributed by atoms with Crippen molar-refractivity contribution in [1.29, 1.82) is 0 Å². The molecule has 3 aliphatic heterocycles. The summed E-state index contributed by atoms with van der Waals surface area (Å²) in [6.45, 7) is 4.49. The fraction of sp³-hybridized carbons (Fsp3) is 0.429. The molecule has 2 amide bonds. The van der Waals surface area contributed by atoms with Crippen LogP contribution in [-0.4, -0.2) is 57.0 Å². The van der Waals surface area contributed by atoms with Crippen molar-refractivity contribution in [2.24, 2.45) is 16.5 Å². The summed E-state index contributed by atoms with van der Waals surface area (Å²) in [6, 6.07) is 7.78. The Balaban J connectivity index is 1.34. The molecule has 4 rings (SSSR count). The van der Waals surface area contributed by atoms with Crippen LogP contribution in [0.4, 0.5) is 10.5 Å². The molecule has 31 heavy (non-hydrogen) atoms. The molecule has 0 saturated carbocycles. The number of benzene rings is 1. The SMILES string of the molecule is NC(N)=NCCCNCc1ccc(N2C=C3C=C(C4CNCCO4)NC3NC2=O)cc1. The molecule has 1 aromatic carbocycles. The van der Waals surface area contributed by atoms with Crippen LogP contribution < -0.4 is 37.6 Å². The zero-order valence-electron chi connectivity index (χ0n) is 17.4. The van der Waals surface area contributed by atoms with Gasteiger partial charge in [0, 0.05) is 43.6 Å². The number of morpholine rings is 1. The maximum absolute atomic E-state index is 12.6. The first-order chi connectivity index (χ1) is 15.1. The largest absolute Gasteiger partial charge is 0.370 e. The highest BCUT2D eigenvalue weighted by molar-refractivity contribution is 5.96. The number of amides is 2. The average molecular weight is 427 g/mol. The molecule has 1 fully saturated rings. The van der Waals surface area contributed by atoms with Crippen LogP contribution in [0.25, 0.3) is 0 Å². The first-order valence-electron chi connectivity index (χ1n) is 10.6. The Hall–Kier alpha value is -3.08. The number of anilines is 1. The van der Waals surface area contributed by atoms with Gasteiger partial charge in [-0.25, -0.2) is 4.79 Å². The monoisotopic (exact) mass is 426 g/mol. The van der Waals surface area contributed by atoms with Gasteiger partial charge in [-0.2, -0.15) is 0 Å². The zero-order chi connectivity index (χ0) is 21.6. The van der Waals surface area contributed by atoms with E-state index in [4.69, 9.17) is 16.2 Å². The predicted octanol–water partition coefficient (Wildman–Crippen LogP) is -0.345. The zero-order valence-corrected chi connectivity index (χ0v) is 17.4. The van der Waals surface area contributed by atoms with Crippen LogP contribution in [0.5, 0.6) is 0 Å². The number of aliphatic imine (C=N–C) groups is 1. The number of carbonyl (C=O) groups excluding carboxylic acids is 1. The molecular weight excluding hydrogens is 396 g/mol. The number of rotatable bonds is 8. The molecule has 166 valence electrons. The van der Waals surface area contributed by atoms with Crippen molar-refractivity contribution in [3.8, 4) is 0 Å². The predicted molar refractivity (Wildman–Crippen MR) is 120 cm³/mol. The Morgan fingerprint density at radius 2 is 2.10 bits per heavy atom. The minimum absolute atomic E-state index is 0.0168. The first kappa shape index (κ1) is 21.2. The molecule has 3 heterocycles. The maximum atomic E-state index is 12.6. The standard InChI is InChI=1S/C21H30N8O2/c22-20(23)26-7-1-6-24-11-14-2-4-16(5-3-14)29-13-15-10-17(18-12-25-8-9-31-18)27-19(15)28-21(29)30/h2-5,10,13,18-19,24-25,27H,1,6-9,11-12H2,(H,28,30)(H4,22,23,26). The number of hydrogen-bond donors (Lipinski definition) is 6. The second kappa shape index (κ2) is 9.82. The molecule has 10 nitrogen and oxygen atoms in total. The van der Waals surface area contributed by atoms with E-state index in [1.54, 1.807) is 4.90 Å². The Labute approximate surface area is 181 Å². The van der Waals surface area contributed by atoms with Gasteiger partial charge in [0.05, 0.1) is 12.3 Å². The summed E-state index contributed by atoms with van der Waals surface area (Å²) in [7, 11) is 0. The smallest absolute Gasteiger partial charge is 0.327 e. The van der Waals surface area contributed by atoms with E-state index in [9.17, 15) is 4.79 Å². The van der Waals surface area contributed by atoms with Gasteiger partial charge < -0.3 is 37.5 Å².